The van der Waals surface area contributed by atoms with Crippen molar-refractivity contribution < 1.29 is 24.2 Å². The Morgan fingerprint density at radius 2 is 1.81 bits per heavy atom. The maximum absolute atomic E-state index is 13.3. The summed E-state index contributed by atoms with van der Waals surface area (Å²) in [6, 6.07) is 12.0. The number of halogens is 1. The molecule has 2 aromatic carbocycles. The van der Waals surface area contributed by atoms with Crippen LogP contribution in [0.1, 0.15) is 48.9 Å². The summed E-state index contributed by atoms with van der Waals surface area (Å²) < 4.78 is 10.6. The molecule has 2 saturated heterocycles. The van der Waals surface area contributed by atoms with Gasteiger partial charge < -0.3 is 19.5 Å². The Balaban J connectivity index is 1.70. The molecular weight excluding hydrogens is 480 g/mol. The molecule has 2 heterocycles. The maximum Gasteiger partial charge on any atom is 0.295 e. The summed E-state index contributed by atoms with van der Waals surface area (Å²) in [6.45, 7) is 8.56. The van der Waals surface area contributed by atoms with Crippen molar-refractivity contribution in [2.24, 2.45) is 0 Å². The Bertz CT molecular complexity index is 1140. The first-order valence-electron chi connectivity index (χ1n) is 12.3. The van der Waals surface area contributed by atoms with Crippen LogP contribution in [0, 0.1) is 0 Å². The number of carbonyl (C=O) groups is 2. The highest BCUT2D eigenvalue weighted by Gasteiger charge is 2.45. The van der Waals surface area contributed by atoms with Crippen molar-refractivity contribution in [3.63, 3.8) is 0 Å². The third-order valence-electron chi connectivity index (χ3n) is 6.86. The average Bonchev–Trinajstić information content (AvgIpc) is 3.14. The molecule has 0 unspecified atom stereocenters. The zero-order valence-electron chi connectivity index (χ0n) is 21.0. The van der Waals surface area contributed by atoms with E-state index in [0.717, 1.165) is 30.8 Å². The molecule has 2 fully saturated rings. The van der Waals surface area contributed by atoms with Crippen molar-refractivity contribution in [3.05, 3.63) is 69.8 Å². The molecule has 36 heavy (non-hydrogen) atoms. The number of hydrogen-bond donors (Lipinski definition) is 1. The van der Waals surface area contributed by atoms with Crippen LogP contribution in [-0.4, -0.2) is 73.1 Å². The van der Waals surface area contributed by atoms with Gasteiger partial charge in [0.25, 0.3) is 11.7 Å². The number of aliphatic hydroxyl groups excluding tert-OH is 1. The van der Waals surface area contributed by atoms with Crippen LogP contribution >= 0.6 is 11.6 Å². The highest BCUT2D eigenvalue weighted by molar-refractivity contribution is 6.46. The van der Waals surface area contributed by atoms with Gasteiger partial charge in [0.05, 0.1) is 37.0 Å². The second-order valence-corrected chi connectivity index (χ2v) is 9.88. The lowest BCUT2D eigenvalue weighted by atomic mass is 9.93. The molecule has 0 spiro atoms. The number of amides is 1. The number of rotatable bonds is 8. The maximum atomic E-state index is 13.3. The van der Waals surface area contributed by atoms with E-state index in [9.17, 15) is 14.7 Å². The zero-order chi connectivity index (χ0) is 25.8. The molecular formula is C28H33ClN2O5. The zero-order valence-corrected chi connectivity index (χ0v) is 21.8. The summed E-state index contributed by atoms with van der Waals surface area (Å²) in [5.74, 6) is -0.732. The fraction of sp³-hybridized carbons (Fsp3) is 0.429. The third kappa shape index (κ3) is 5.43. The number of methoxy groups -OCH3 is 1. The topological polar surface area (TPSA) is 79.3 Å². The van der Waals surface area contributed by atoms with Crippen LogP contribution in [0.5, 0.6) is 5.75 Å². The Labute approximate surface area is 217 Å². The summed E-state index contributed by atoms with van der Waals surface area (Å²) in [4.78, 5) is 30.4. The normalized spacial score (nSPS) is 20.4. The summed E-state index contributed by atoms with van der Waals surface area (Å²) in [7, 11) is 1.50. The summed E-state index contributed by atoms with van der Waals surface area (Å²) in [5.41, 5.74) is 2.37. The van der Waals surface area contributed by atoms with Crippen molar-refractivity contribution in [1.29, 1.82) is 0 Å². The number of ketones is 1. The lowest BCUT2D eigenvalue weighted by molar-refractivity contribution is -0.140. The fourth-order valence-corrected chi connectivity index (χ4v) is 5.04. The molecule has 4 rings (SSSR count). The van der Waals surface area contributed by atoms with Crippen LogP contribution in [-0.2, 0) is 14.3 Å². The molecule has 2 aliphatic heterocycles. The molecule has 0 radical (unpaired) electrons. The Morgan fingerprint density at radius 1 is 1.11 bits per heavy atom. The van der Waals surface area contributed by atoms with Gasteiger partial charge in [0.15, 0.2) is 0 Å². The Kier molecular flexibility index (Phi) is 8.34. The van der Waals surface area contributed by atoms with E-state index < -0.39 is 17.7 Å². The number of Topliss-reactive ketones (excluding diaryl/α,β-unsaturated/α-hetero) is 1. The van der Waals surface area contributed by atoms with Gasteiger partial charge in [-0.25, -0.2) is 0 Å². The lowest BCUT2D eigenvalue weighted by Crippen LogP contribution is -2.38. The van der Waals surface area contributed by atoms with Crippen molar-refractivity contribution in [2.75, 3.05) is 46.5 Å². The standard InChI is InChI=1S/C28H33ClN2O5/c1-18(2)19-5-7-20(8-6-19)25-24(26(32)21-9-10-23(35-3)22(29)17-21)27(33)28(34)31(25)12-4-11-30-13-15-36-16-14-30/h5-10,17-18,25,32H,4,11-16H2,1-3H3/b26-24+/t25-/m0/s1. The monoisotopic (exact) mass is 512 g/mol. The average molecular weight is 513 g/mol. The molecule has 8 heteroatoms. The first-order chi connectivity index (χ1) is 17.3. The van der Waals surface area contributed by atoms with Gasteiger partial charge in [-0.05, 0) is 41.7 Å². The summed E-state index contributed by atoms with van der Waals surface area (Å²) >= 11 is 6.28. The number of carbonyl (C=O) groups excluding carboxylic acids is 2. The first kappa shape index (κ1) is 26.2. The smallest absolute Gasteiger partial charge is 0.295 e. The van der Waals surface area contributed by atoms with E-state index in [4.69, 9.17) is 21.1 Å². The highest BCUT2D eigenvalue weighted by atomic mass is 35.5. The van der Waals surface area contributed by atoms with Crippen molar-refractivity contribution in [3.8, 4) is 5.75 Å². The van der Waals surface area contributed by atoms with E-state index in [-0.39, 0.29) is 11.3 Å². The van der Waals surface area contributed by atoms with Crippen LogP contribution in [0.15, 0.2) is 48.0 Å². The van der Waals surface area contributed by atoms with Gasteiger partial charge in [-0.1, -0.05) is 49.7 Å². The van der Waals surface area contributed by atoms with E-state index in [0.29, 0.717) is 48.4 Å². The summed E-state index contributed by atoms with van der Waals surface area (Å²) in [6.07, 6.45) is 0.710. The number of morpholine rings is 1. The molecule has 192 valence electrons. The number of likely N-dealkylation sites (tertiary alicyclic amines) is 1. The van der Waals surface area contributed by atoms with E-state index in [2.05, 4.69) is 18.7 Å². The van der Waals surface area contributed by atoms with Gasteiger partial charge in [0.1, 0.15) is 11.5 Å². The van der Waals surface area contributed by atoms with Crippen LogP contribution in [0.3, 0.4) is 0 Å². The van der Waals surface area contributed by atoms with Gasteiger partial charge in [-0.15, -0.1) is 0 Å². The van der Waals surface area contributed by atoms with Crippen molar-refractivity contribution in [2.45, 2.75) is 32.2 Å². The quantitative estimate of drug-likeness (QED) is 0.316. The van der Waals surface area contributed by atoms with Gasteiger partial charge in [0, 0.05) is 31.7 Å². The minimum atomic E-state index is -0.691. The van der Waals surface area contributed by atoms with E-state index >= 15 is 0 Å². The molecule has 0 bridgehead atoms. The number of aliphatic hydroxyl groups is 1. The summed E-state index contributed by atoms with van der Waals surface area (Å²) in [5, 5.41) is 11.6. The number of ether oxygens (including phenoxy) is 2. The van der Waals surface area contributed by atoms with Gasteiger partial charge in [-0.3, -0.25) is 14.5 Å². The molecule has 2 aromatic rings. The van der Waals surface area contributed by atoms with E-state index in [1.807, 2.05) is 24.3 Å². The number of benzene rings is 2. The Morgan fingerprint density at radius 3 is 2.42 bits per heavy atom. The first-order valence-corrected chi connectivity index (χ1v) is 12.7. The predicted molar refractivity (Wildman–Crippen MR) is 139 cm³/mol. The minimum absolute atomic E-state index is 0.0740. The third-order valence-corrected chi connectivity index (χ3v) is 7.16. The second kappa shape index (κ2) is 11.5. The van der Waals surface area contributed by atoms with Crippen LogP contribution in [0.25, 0.3) is 5.76 Å². The largest absolute Gasteiger partial charge is 0.507 e. The molecule has 0 aliphatic carbocycles. The van der Waals surface area contributed by atoms with Crippen LogP contribution < -0.4 is 4.74 Å². The predicted octanol–water partition coefficient (Wildman–Crippen LogP) is 4.62. The molecule has 0 aromatic heterocycles. The molecule has 1 amide bonds. The van der Waals surface area contributed by atoms with Crippen molar-refractivity contribution in [1.82, 2.24) is 9.80 Å². The van der Waals surface area contributed by atoms with E-state index in [1.165, 1.54) is 7.11 Å². The molecule has 0 saturated carbocycles. The number of nitrogens with zero attached hydrogens (tertiary/aromatic N) is 2. The fourth-order valence-electron chi connectivity index (χ4n) is 4.78. The van der Waals surface area contributed by atoms with Crippen LogP contribution in [0.4, 0.5) is 0 Å². The molecule has 2 aliphatic rings. The van der Waals surface area contributed by atoms with Crippen LogP contribution in [0.2, 0.25) is 5.02 Å². The second-order valence-electron chi connectivity index (χ2n) is 9.47. The van der Waals surface area contributed by atoms with Gasteiger partial charge in [0.2, 0.25) is 0 Å². The molecule has 1 atom stereocenters. The molecule has 1 N–H and O–H groups in total. The molecule has 7 nitrogen and oxygen atoms in total. The van der Waals surface area contributed by atoms with Crippen molar-refractivity contribution >= 4 is 29.1 Å². The SMILES string of the molecule is COc1ccc(/C(O)=C2\C(=O)C(=O)N(CCCN3CCOCC3)[C@H]2c2ccc(C(C)C)cc2)cc1Cl. The minimum Gasteiger partial charge on any atom is -0.507 e. The number of hydrogen-bond acceptors (Lipinski definition) is 6. The Hall–Kier alpha value is -2.87. The lowest BCUT2D eigenvalue weighted by Gasteiger charge is -2.29. The van der Waals surface area contributed by atoms with Gasteiger partial charge in [-0.2, -0.15) is 0 Å². The highest BCUT2D eigenvalue weighted by Crippen LogP contribution is 2.40. The van der Waals surface area contributed by atoms with E-state index in [1.54, 1.807) is 23.1 Å². The van der Waals surface area contributed by atoms with Gasteiger partial charge >= 0.3 is 0 Å².